The molecule has 1 atom stereocenters. The van der Waals surface area contributed by atoms with Crippen LogP contribution in [0, 0.1) is 0 Å². The van der Waals surface area contributed by atoms with Gasteiger partial charge in [-0.3, -0.25) is 0 Å². The van der Waals surface area contributed by atoms with Crippen molar-refractivity contribution in [3.05, 3.63) is 233 Å². The summed E-state index contributed by atoms with van der Waals surface area (Å²) in [6.07, 6.45) is 0. The number of benzene rings is 8. The Balaban J connectivity index is 1.28. The average molecular weight is 734 g/mol. The second-order valence-corrected chi connectivity index (χ2v) is 17.3. The van der Waals surface area contributed by atoms with Gasteiger partial charge in [0.15, 0.2) is 0 Å². The zero-order valence-corrected chi connectivity index (χ0v) is 33.4. The predicted molar refractivity (Wildman–Crippen MR) is 240 cm³/mol. The van der Waals surface area contributed by atoms with E-state index in [1.54, 1.807) is 0 Å². The Bertz CT molecular complexity index is 2790. The fraction of sp³-hybridized carbons (Fsp3) is 0.143. The standard InChI is InChI=1S/C56H47N/c1-54(2,3)49-28-18-29-50-53(49)44-24-12-14-25-45(44)56(50)48-27-16-15-26-46(48)55(4,5)47-36-35-42(37-51(47)56)57(41-33-31-39(32-34-41)38-19-8-6-9-20-38)52-30-17-13-23-43(52)40-21-10-7-11-22-40/h6-37H,1-5H3. The van der Waals surface area contributed by atoms with Crippen molar-refractivity contribution in [2.24, 2.45) is 0 Å². The van der Waals surface area contributed by atoms with Crippen molar-refractivity contribution in [3.8, 4) is 33.4 Å². The molecular weight excluding hydrogens is 687 g/mol. The summed E-state index contributed by atoms with van der Waals surface area (Å²) < 4.78 is 0. The van der Waals surface area contributed by atoms with Gasteiger partial charge in [0.2, 0.25) is 0 Å². The maximum absolute atomic E-state index is 2.54. The van der Waals surface area contributed by atoms with Gasteiger partial charge >= 0.3 is 0 Å². The van der Waals surface area contributed by atoms with Gasteiger partial charge in [-0.15, -0.1) is 0 Å². The summed E-state index contributed by atoms with van der Waals surface area (Å²) in [5, 5.41) is 0. The third-order valence-electron chi connectivity index (χ3n) is 12.7. The molecular formula is C56H47N. The molecule has 2 aliphatic carbocycles. The van der Waals surface area contributed by atoms with Gasteiger partial charge in [-0.05, 0) is 103 Å². The summed E-state index contributed by atoms with van der Waals surface area (Å²) in [6, 6.07) is 72.3. The summed E-state index contributed by atoms with van der Waals surface area (Å²) in [7, 11) is 0. The van der Waals surface area contributed by atoms with Crippen LogP contribution in [0.2, 0.25) is 0 Å². The lowest BCUT2D eigenvalue weighted by Crippen LogP contribution is -2.41. The molecule has 1 spiro atoms. The fourth-order valence-corrected chi connectivity index (χ4v) is 10.1. The Labute approximate surface area is 337 Å². The predicted octanol–water partition coefficient (Wildman–Crippen LogP) is 14.8. The van der Waals surface area contributed by atoms with E-state index in [4.69, 9.17) is 0 Å². The number of anilines is 3. The van der Waals surface area contributed by atoms with Gasteiger partial charge in [0, 0.05) is 22.4 Å². The number of hydrogen-bond acceptors (Lipinski definition) is 1. The quantitative estimate of drug-likeness (QED) is 0.170. The zero-order chi connectivity index (χ0) is 38.9. The van der Waals surface area contributed by atoms with Crippen molar-refractivity contribution in [3.63, 3.8) is 0 Å². The molecule has 8 aromatic rings. The molecule has 2 aliphatic rings. The highest BCUT2D eigenvalue weighted by Gasteiger charge is 2.54. The molecule has 8 aromatic carbocycles. The number of rotatable bonds is 5. The molecule has 0 saturated carbocycles. The molecule has 0 heterocycles. The van der Waals surface area contributed by atoms with E-state index in [9.17, 15) is 0 Å². The van der Waals surface area contributed by atoms with Gasteiger partial charge in [0.05, 0.1) is 11.1 Å². The molecule has 0 bridgehead atoms. The summed E-state index contributed by atoms with van der Waals surface area (Å²) in [6.45, 7) is 11.9. The second kappa shape index (κ2) is 13.1. The number of fused-ring (bicyclic) bond motifs is 9. The molecule has 0 aliphatic heterocycles. The molecule has 1 heteroatoms. The first-order valence-electron chi connectivity index (χ1n) is 20.3. The highest BCUT2D eigenvalue weighted by Crippen LogP contribution is 2.64. The third-order valence-corrected chi connectivity index (χ3v) is 12.7. The van der Waals surface area contributed by atoms with Gasteiger partial charge in [0.25, 0.3) is 0 Å². The smallest absolute Gasteiger partial charge is 0.0720 e. The lowest BCUT2D eigenvalue weighted by atomic mass is 9.55. The van der Waals surface area contributed by atoms with Crippen LogP contribution < -0.4 is 4.90 Å². The van der Waals surface area contributed by atoms with Gasteiger partial charge in [-0.2, -0.15) is 0 Å². The number of hydrogen-bond donors (Lipinski definition) is 0. The van der Waals surface area contributed by atoms with E-state index in [1.165, 1.54) is 72.3 Å². The van der Waals surface area contributed by atoms with Crippen LogP contribution in [0.1, 0.15) is 73.6 Å². The van der Waals surface area contributed by atoms with E-state index in [0.717, 1.165) is 17.1 Å². The summed E-state index contributed by atoms with van der Waals surface area (Å²) >= 11 is 0. The topological polar surface area (TPSA) is 3.24 Å². The van der Waals surface area contributed by atoms with E-state index >= 15 is 0 Å². The van der Waals surface area contributed by atoms with Crippen LogP contribution in [-0.2, 0) is 16.2 Å². The maximum Gasteiger partial charge on any atom is 0.0720 e. The first kappa shape index (κ1) is 35.0. The number of nitrogens with zero attached hydrogens (tertiary/aromatic N) is 1. The average Bonchev–Trinajstić information content (AvgIpc) is 3.55. The molecule has 0 radical (unpaired) electrons. The van der Waals surface area contributed by atoms with E-state index in [0.29, 0.717) is 0 Å². The molecule has 1 unspecified atom stereocenters. The molecule has 0 amide bonds. The summed E-state index contributed by atoms with van der Waals surface area (Å²) in [5.41, 5.74) is 19.8. The largest absolute Gasteiger partial charge is 0.310 e. The van der Waals surface area contributed by atoms with E-state index in [2.05, 4.69) is 234 Å². The van der Waals surface area contributed by atoms with Crippen molar-refractivity contribution in [2.45, 2.75) is 50.9 Å². The van der Waals surface area contributed by atoms with Crippen LogP contribution in [0.25, 0.3) is 33.4 Å². The van der Waals surface area contributed by atoms with Crippen LogP contribution in [0.5, 0.6) is 0 Å². The van der Waals surface area contributed by atoms with Crippen LogP contribution in [0.3, 0.4) is 0 Å². The van der Waals surface area contributed by atoms with Gasteiger partial charge in [-0.1, -0.05) is 198 Å². The molecule has 0 aromatic heterocycles. The minimum atomic E-state index is -0.508. The normalized spacial score (nSPS) is 16.0. The lowest BCUT2D eigenvalue weighted by molar-refractivity contribution is 0.561. The highest BCUT2D eigenvalue weighted by atomic mass is 15.1. The van der Waals surface area contributed by atoms with Gasteiger partial charge in [-0.25, -0.2) is 0 Å². The van der Waals surface area contributed by atoms with Crippen LogP contribution >= 0.6 is 0 Å². The molecule has 276 valence electrons. The van der Waals surface area contributed by atoms with Crippen LogP contribution in [0.4, 0.5) is 17.1 Å². The van der Waals surface area contributed by atoms with Gasteiger partial charge in [0.1, 0.15) is 0 Å². The van der Waals surface area contributed by atoms with Crippen molar-refractivity contribution in [1.29, 1.82) is 0 Å². The van der Waals surface area contributed by atoms with E-state index in [-0.39, 0.29) is 10.8 Å². The van der Waals surface area contributed by atoms with Crippen molar-refractivity contribution < 1.29 is 0 Å². The van der Waals surface area contributed by atoms with Crippen molar-refractivity contribution in [2.75, 3.05) is 4.90 Å². The second-order valence-electron chi connectivity index (χ2n) is 17.3. The zero-order valence-electron chi connectivity index (χ0n) is 33.4. The Morgan fingerprint density at radius 3 is 1.61 bits per heavy atom. The Morgan fingerprint density at radius 1 is 0.386 bits per heavy atom. The summed E-state index contributed by atoms with van der Waals surface area (Å²) in [4.78, 5) is 2.48. The Morgan fingerprint density at radius 2 is 0.912 bits per heavy atom. The van der Waals surface area contributed by atoms with Crippen molar-refractivity contribution >= 4 is 17.1 Å². The van der Waals surface area contributed by atoms with Gasteiger partial charge < -0.3 is 4.90 Å². The Hall–Kier alpha value is -6.44. The van der Waals surface area contributed by atoms with E-state index < -0.39 is 5.41 Å². The lowest BCUT2D eigenvalue weighted by Gasteiger charge is -2.47. The highest BCUT2D eigenvalue weighted by molar-refractivity contribution is 5.93. The third kappa shape index (κ3) is 5.29. The minimum Gasteiger partial charge on any atom is -0.310 e. The maximum atomic E-state index is 2.54. The first-order valence-corrected chi connectivity index (χ1v) is 20.3. The molecule has 0 N–H and O–H groups in total. The van der Waals surface area contributed by atoms with E-state index in [1.807, 2.05) is 0 Å². The van der Waals surface area contributed by atoms with Crippen LogP contribution in [0.15, 0.2) is 194 Å². The fourth-order valence-electron chi connectivity index (χ4n) is 10.1. The molecule has 0 fully saturated rings. The minimum absolute atomic E-state index is 0.0357. The molecule has 57 heavy (non-hydrogen) atoms. The SMILES string of the molecule is CC(C)(C)c1cccc2c1-c1ccccc1C21c2ccccc2C(C)(C)c2ccc(N(c3ccc(-c4ccccc4)cc3)c3ccccc3-c3ccccc3)cc21. The molecule has 10 rings (SSSR count). The Kier molecular flexibility index (Phi) is 8.03. The molecule has 1 nitrogen and oxygen atoms in total. The summed E-state index contributed by atoms with van der Waals surface area (Å²) in [5.74, 6) is 0. The molecule has 0 saturated heterocycles. The first-order chi connectivity index (χ1) is 27.7. The van der Waals surface area contributed by atoms with Crippen molar-refractivity contribution in [1.82, 2.24) is 0 Å². The van der Waals surface area contributed by atoms with Crippen LogP contribution in [-0.4, -0.2) is 0 Å². The monoisotopic (exact) mass is 733 g/mol. The number of para-hydroxylation sites is 1.